The lowest BCUT2D eigenvalue weighted by molar-refractivity contribution is -0.0592. The molecule has 1 unspecified atom stereocenters. The number of likely N-dealkylation sites (tertiary alicyclic amines) is 1. The number of carboxylic acids is 1. The summed E-state index contributed by atoms with van der Waals surface area (Å²) in [7, 11) is 0. The molecule has 10 nitrogen and oxygen atoms in total. The molecule has 0 amide bonds. The number of hydrogen-bond donors (Lipinski definition) is 1. The minimum Gasteiger partial charge on any atom is -0.478 e. The van der Waals surface area contributed by atoms with Crippen LogP contribution in [0.1, 0.15) is 65.4 Å². The maximum absolute atomic E-state index is 11.6. The lowest BCUT2D eigenvalue weighted by Crippen LogP contribution is -2.35. The predicted octanol–water partition coefficient (Wildman–Crippen LogP) is 5.58. The van der Waals surface area contributed by atoms with Gasteiger partial charge in [-0.3, -0.25) is 4.90 Å². The number of aromatic carboxylic acids is 1. The van der Waals surface area contributed by atoms with Gasteiger partial charge in [-0.2, -0.15) is 0 Å². The number of carboxylic acid groups (broad SMARTS) is 1. The van der Waals surface area contributed by atoms with Crippen molar-refractivity contribution in [2.45, 2.75) is 64.3 Å². The van der Waals surface area contributed by atoms with E-state index in [9.17, 15) is 9.90 Å². The number of oxazole rings is 1. The van der Waals surface area contributed by atoms with Crippen molar-refractivity contribution in [3.05, 3.63) is 83.1 Å². The number of piperidine rings is 1. The number of imidazole rings is 1. The van der Waals surface area contributed by atoms with E-state index in [1.807, 2.05) is 43.3 Å². The lowest BCUT2D eigenvalue weighted by Gasteiger charge is -2.32. The topological polar surface area (TPSA) is 116 Å². The van der Waals surface area contributed by atoms with Crippen molar-refractivity contribution in [3.8, 4) is 5.88 Å². The maximum atomic E-state index is 11.6. The average Bonchev–Trinajstić information content (AvgIpc) is 3.58. The summed E-state index contributed by atoms with van der Waals surface area (Å²) in [6.07, 6.45) is 3.91. The molecule has 43 heavy (non-hydrogen) atoms. The Bertz CT molecular complexity index is 1770. The number of nitrogens with zero attached hydrogens (tertiary/aromatic N) is 5. The maximum Gasteiger partial charge on any atom is 0.335 e. The fourth-order valence-electron chi connectivity index (χ4n) is 6.00. The fraction of sp³-hybridized carbons (Fsp3) is 0.394. The smallest absolute Gasteiger partial charge is 0.335 e. The van der Waals surface area contributed by atoms with Gasteiger partial charge in [0.2, 0.25) is 5.88 Å². The van der Waals surface area contributed by atoms with E-state index >= 15 is 0 Å². The molecule has 2 saturated heterocycles. The fourth-order valence-corrected chi connectivity index (χ4v) is 6.00. The third-order valence-electron chi connectivity index (χ3n) is 8.56. The highest BCUT2D eigenvalue weighted by Crippen LogP contribution is 2.30. The van der Waals surface area contributed by atoms with Gasteiger partial charge in [-0.1, -0.05) is 19.1 Å². The molecule has 2 aromatic carbocycles. The lowest BCUT2D eigenvalue weighted by atomic mass is 9.93. The number of fused-ring (bicyclic) bond motifs is 2. The first-order valence-electron chi connectivity index (χ1n) is 15.1. The Balaban J connectivity index is 0.993. The van der Waals surface area contributed by atoms with Crippen LogP contribution in [0.2, 0.25) is 0 Å². The van der Waals surface area contributed by atoms with Crippen LogP contribution in [0.25, 0.3) is 22.1 Å². The molecule has 2 fully saturated rings. The van der Waals surface area contributed by atoms with Gasteiger partial charge in [0.1, 0.15) is 17.9 Å². The Hall–Kier alpha value is -4.28. The molecule has 2 aliphatic rings. The largest absolute Gasteiger partial charge is 0.478 e. The van der Waals surface area contributed by atoms with Gasteiger partial charge in [0.05, 0.1) is 35.8 Å². The highest BCUT2D eigenvalue weighted by molar-refractivity contribution is 5.92. The van der Waals surface area contributed by atoms with Gasteiger partial charge >= 0.3 is 5.97 Å². The molecule has 0 saturated carbocycles. The summed E-state index contributed by atoms with van der Waals surface area (Å²) < 4.78 is 19.7. The number of benzene rings is 2. The Kier molecular flexibility index (Phi) is 7.54. The van der Waals surface area contributed by atoms with Crippen LogP contribution in [0, 0.1) is 0 Å². The molecule has 2 aliphatic heterocycles. The molecule has 1 N–H and O–H groups in total. The molecule has 3 aromatic heterocycles. The van der Waals surface area contributed by atoms with Crippen LogP contribution in [0.4, 0.5) is 0 Å². The van der Waals surface area contributed by atoms with Crippen LogP contribution < -0.4 is 4.74 Å². The molecule has 5 heterocycles. The molecule has 5 aromatic rings. The Labute approximate surface area is 249 Å². The summed E-state index contributed by atoms with van der Waals surface area (Å²) in [5, 5.41) is 9.52. The summed E-state index contributed by atoms with van der Waals surface area (Å²) in [5.41, 5.74) is 5.67. The summed E-state index contributed by atoms with van der Waals surface area (Å²) in [4.78, 5) is 28.3. The van der Waals surface area contributed by atoms with Crippen LogP contribution in [0.15, 0.2) is 59.0 Å². The molecule has 7 rings (SSSR count). The second-order valence-corrected chi connectivity index (χ2v) is 11.4. The van der Waals surface area contributed by atoms with Crippen LogP contribution in [-0.2, 0) is 30.9 Å². The molecule has 10 heteroatoms. The van der Waals surface area contributed by atoms with Crippen molar-refractivity contribution >= 4 is 28.1 Å². The van der Waals surface area contributed by atoms with Crippen LogP contribution in [-0.4, -0.2) is 61.3 Å². The first-order valence-corrected chi connectivity index (χ1v) is 15.1. The molecular formula is C33H35N5O5. The number of carbonyl (C=O) groups is 1. The van der Waals surface area contributed by atoms with E-state index in [0.29, 0.717) is 31.5 Å². The Morgan fingerprint density at radius 1 is 1.02 bits per heavy atom. The van der Waals surface area contributed by atoms with Crippen LogP contribution in [0.3, 0.4) is 0 Å². The molecular weight excluding hydrogens is 546 g/mol. The van der Waals surface area contributed by atoms with Gasteiger partial charge in [-0.15, -0.1) is 0 Å². The normalized spacial score (nSPS) is 17.8. The summed E-state index contributed by atoms with van der Waals surface area (Å²) in [5.74, 6) is 1.75. The van der Waals surface area contributed by atoms with Gasteiger partial charge in [0.25, 0.3) is 0 Å². The van der Waals surface area contributed by atoms with Crippen molar-refractivity contribution < 1.29 is 23.8 Å². The van der Waals surface area contributed by atoms with Crippen molar-refractivity contribution in [2.75, 3.05) is 19.7 Å². The summed E-state index contributed by atoms with van der Waals surface area (Å²) in [6, 6.07) is 17.2. The van der Waals surface area contributed by atoms with E-state index in [1.165, 1.54) is 0 Å². The SMILES string of the molecule is CCc1nc2ccc(COc3cccc(C4CCN(Cc5nc6ccc(C(=O)O)cc6n5CC5CCO5)CC4)n3)cc2o1. The van der Waals surface area contributed by atoms with E-state index in [0.717, 1.165) is 90.5 Å². The number of aryl methyl sites for hydroxylation is 1. The van der Waals surface area contributed by atoms with Crippen molar-refractivity contribution in [2.24, 2.45) is 0 Å². The number of ether oxygens (including phenoxy) is 2. The van der Waals surface area contributed by atoms with Gasteiger partial charge in [0, 0.05) is 30.7 Å². The number of hydrogen-bond acceptors (Lipinski definition) is 8. The number of aromatic nitrogens is 4. The standard InChI is InChI=1S/C33H35N5O5/c1-2-31-36-27-8-6-21(16-29(27)43-31)20-42-32-5-3-4-25(35-32)22-10-13-37(14-11-22)19-30-34-26-9-7-23(33(39)40)17-28(26)38(30)18-24-12-15-41-24/h3-9,16-17,22,24H,2,10-15,18-20H2,1H3,(H,39,40). The first-order chi connectivity index (χ1) is 21.0. The Morgan fingerprint density at radius 2 is 1.86 bits per heavy atom. The van der Waals surface area contributed by atoms with Crippen molar-refractivity contribution in [1.29, 1.82) is 0 Å². The summed E-state index contributed by atoms with van der Waals surface area (Å²) in [6.45, 7) is 6.47. The molecule has 222 valence electrons. The van der Waals surface area contributed by atoms with Gasteiger partial charge in [-0.05, 0) is 74.3 Å². The number of pyridine rings is 1. The number of rotatable bonds is 10. The monoisotopic (exact) mass is 581 g/mol. The van der Waals surface area contributed by atoms with Gasteiger partial charge in [-0.25, -0.2) is 19.7 Å². The van der Waals surface area contributed by atoms with E-state index in [1.54, 1.807) is 12.1 Å². The quantitative estimate of drug-likeness (QED) is 0.226. The van der Waals surface area contributed by atoms with Crippen LogP contribution >= 0.6 is 0 Å². The second kappa shape index (κ2) is 11.8. The zero-order valence-electron chi connectivity index (χ0n) is 24.2. The van der Waals surface area contributed by atoms with Crippen molar-refractivity contribution in [3.63, 3.8) is 0 Å². The van der Waals surface area contributed by atoms with Crippen LogP contribution in [0.5, 0.6) is 5.88 Å². The minimum atomic E-state index is -0.931. The Morgan fingerprint density at radius 3 is 2.63 bits per heavy atom. The zero-order valence-corrected chi connectivity index (χ0v) is 24.2. The third-order valence-corrected chi connectivity index (χ3v) is 8.56. The minimum absolute atomic E-state index is 0.148. The van der Waals surface area contributed by atoms with E-state index in [4.69, 9.17) is 23.9 Å². The predicted molar refractivity (Wildman–Crippen MR) is 160 cm³/mol. The molecule has 0 radical (unpaired) electrons. The average molecular weight is 582 g/mol. The highest BCUT2D eigenvalue weighted by atomic mass is 16.5. The van der Waals surface area contributed by atoms with Gasteiger partial charge in [0.15, 0.2) is 11.5 Å². The molecule has 0 spiro atoms. The first kappa shape index (κ1) is 27.5. The second-order valence-electron chi connectivity index (χ2n) is 11.4. The molecule has 1 atom stereocenters. The molecule has 0 aliphatic carbocycles. The van der Waals surface area contributed by atoms with Crippen molar-refractivity contribution in [1.82, 2.24) is 24.4 Å². The summed E-state index contributed by atoms with van der Waals surface area (Å²) >= 11 is 0. The van der Waals surface area contributed by atoms with E-state index in [2.05, 4.69) is 20.5 Å². The molecule has 0 bridgehead atoms. The van der Waals surface area contributed by atoms with E-state index in [-0.39, 0.29) is 11.7 Å². The van der Waals surface area contributed by atoms with Gasteiger partial charge < -0.3 is 23.6 Å². The third kappa shape index (κ3) is 5.85. The highest BCUT2D eigenvalue weighted by Gasteiger charge is 2.26. The van der Waals surface area contributed by atoms with E-state index < -0.39 is 5.97 Å². The zero-order chi connectivity index (χ0) is 29.3.